The Kier molecular flexibility index (Phi) is 7.32. The van der Waals surface area contributed by atoms with Gasteiger partial charge in [-0.15, -0.1) is 11.8 Å². The summed E-state index contributed by atoms with van der Waals surface area (Å²) in [6.07, 6.45) is 3.21. The fourth-order valence-corrected chi connectivity index (χ4v) is 4.59. The molecule has 0 aliphatic heterocycles. The van der Waals surface area contributed by atoms with Crippen LogP contribution < -0.4 is 9.64 Å². The van der Waals surface area contributed by atoms with Gasteiger partial charge in [0.25, 0.3) is 0 Å². The predicted octanol–water partition coefficient (Wildman–Crippen LogP) is 5.13. The minimum atomic E-state index is 0.890. The number of aryl methyl sites for hydroxylation is 2. The predicted molar refractivity (Wildman–Crippen MR) is 129 cm³/mol. The second-order valence-corrected chi connectivity index (χ2v) is 8.81. The smallest absolute Gasteiger partial charge is 0.142 e. The average Bonchev–Trinajstić information content (AvgIpc) is 3.09. The Hall–Kier alpha value is -2.18. The van der Waals surface area contributed by atoms with Gasteiger partial charge in [0, 0.05) is 25.2 Å². The summed E-state index contributed by atoms with van der Waals surface area (Å²) in [5.74, 6) is 0.890. The summed E-state index contributed by atoms with van der Waals surface area (Å²) in [5.41, 5.74) is 6.94. The molecule has 0 aliphatic rings. The van der Waals surface area contributed by atoms with Crippen LogP contribution in [0, 0.1) is 13.8 Å². The normalized spacial score (nSPS) is 11.5. The highest BCUT2D eigenvalue weighted by Gasteiger charge is 2.22. The van der Waals surface area contributed by atoms with Gasteiger partial charge in [0.05, 0.1) is 24.0 Å². The van der Waals surface area contributed by atoms with Crippen LogP contribution in [-0.4, -0.2) is 61.6 Å². The van der Waals surface area contributed by atoms with Crippen molar-refractivity contribution >= 4 is 23.0 Å². The molecule has 0 aliphatic carbocycles. The lowest BCUT2D eigenvalue weighted by molar-refractivity contribution is 0.413. The van der Waals surface area contributed by atoms with Crippen LogP contribution in [-0.2, 0) is 0 Å². The lowest BCUT2D eigenvalue weighted by Crippen LogP contribution is -2.32. The van der Waals surface area contributed by atoms with Gasteiger partial charge in [-0.2, -0.15) is 5.10 Å². The molecule has 3 aromatic rings. The standard InChI is InChI=1S/C24H34N4OS/c1-8-12-27(14-13-26(4)5)23-20-11-9-10-19(28(20)25-24(23)30-7)22-18(3)15-17(2)16-21(22)29-6/h9-11,15-16H,8,12-14H2,1-7H3. The highest BCUT2D eigenvalue weighted by molar-refractivity contribution is 7.98. The Morgan fingerprint density at radius 1 is 1.10 bits per heavy atom. The number of hydrogen-bond donors (Lipinski definition) is 0. The molecule has 0 fully saturated rings. The summed E-state index contributed by atoms with van der Waals surface area (Å²) in [5, 5.41) is 6.11. The summed E-state index contributed by atoms with van der Waals surface area (Å²) in [7, 11) is 5.99. The van der Waals surface area contributed by atoms with Crippen molar-refractivity contribution in [3.63, 3.8) is 0 Å². The molecule has 0 radical (unpaired) electrons. The first-order valence-corrected chi connectivity index (χ1v) is 11.7. The van der Waals surface area contributed by atoms with Gasteiger partial charge >= 0.3 is 0 Å². The topological polar surface area (TPSA) is 33.0 Å². The van der Waals surface area contributed by atoms with Crippen molar-refractivity contribution in [1.29, 1.82) is 0 Å². The molecule has 0 bridgehead atoms. The molecule has 0 saturated carbocycles. The van der Waals surface area contributed by atoms with Crippen LogP contribution in [0.25, 0.3) is 16.8 Å². The number of thioether (sulfide) groups is 1. The molecular weight excluding hydrogens is 392 g/mol. The molecular formula is C24H34N4OS. The molecule has 6 heteroatoms. The van der Waals surface area contributed by atoms with Crippen molar-refractivity contribution in [3.05, 3.63) is 41.5 Å². The van der Waals surface area contributed by atoms with Gasteiger partial charge in [-0.3, -0.25) is 0 Å². The van der Waals surface area contributed by atoms with E-state index in [1.54, 1.807) is 18.9 Å². The van der Waals surface area contributed by atoms with E-state index in [1.807, 2.05) is 0 Å². The molecule has 0 atom stereocenters. The third kappa shape index (κ3) is 4.44. The van der Waals surface area contributed by atoms with Gasteiger partial charge in [0.15, 0.2) is 0 Å². The van der Waals surface area contributed by atoms with Crippen LogP contribution in [0.5, 0.6) is 5.75 Å². The molecule has 3 rings (SSSR count). The Bertz CT molecular complexity index is 1010. The molecule has 30 heavy (non-hydrogen) atoms. The summed E-state index contributed by atoms with van der Waals surface area (Å²) in [6.45, 7) is 9.48. The second kappa shape index (κ2) is 9.75. The van der Waals surface area contributed by atoms with E-state index in [2.05, 4.69) is 85.8 Å². The first-order chi connectivity index (χ1) is 14.4. The van der Waals surface area contributed by atoms with Crippen molar-refractivity contribution in [1.82, 2.24) is 14.5 Å². The molecule has 162 valence electrons. The summed E-state index contributed by atoms with van der Waals surface area (Å²) in [6, 6.07) is 10.8. The molecule has 1 aromatic carbocycles. The third-order valence-electron chi connectivity index (χ3n) is 5.34. The van der Waals surface area contributed by atoms with Crippen LogP contribution in [0.3, 0.4) is 0 Å². The molecule has 5 nitrogen and oxygen atoms in total. The van der Waals surface area contributed by atoms with Gasteiger partial charge in [-0.1, -0.05) is 19.1 Å². The zero-order valence-electron chi connectivity index (χ0n) is 19.3. The minimum Gasteiger partial charge on any atom is -0.496 e. The quantitative estimate of drug-likeness (QED) is 0.443. The van der Waals surface area contributed by atoms with Gasteiger partial charge in [0.2, 0.25) is 0 Å². The average molecular weight is 427 g/mol. The summed E-state index contributed by atoms with van der Waals surface area (Å²) in [4.78, 5) is 4.72. The largest absolute Gasteiger partial charge is 0.496 e. The highest BCUT2D eigenvalue weighted by atomic mass is 32.2. The molecule has 0 unspecified atom stereocenters. The number of pyridine rings is 1. The van der Waals surface area contributed by atoms with Crippen LogP contribution in [0.15, 0.2) is 35.4 Å². The van der Waals surface area contributed by atoms with E-state index >= 15 is 0 Å². The lowest BCUT2D eigenvalue weighted by atomic mass is 10.0. The minimum absolute atomic E-state index is 0.890. The maximum absolute atomic E-state index is 5.76. The van der Waals surface area contributed by atoms with Crippen LogP contribution in [0.1, 0.15) is 24.5 Å². The maximum atomic E-state index is 5.76. The van der Waals surface area contributed by atoms with Crippen LogP contribution >= 0.6 is 11.8 Å². The number of anilines is 1. The number of rotatable bonds is 9. The highest BCUT2D eigenvalue weighted by Crippen LogP contribution is 2.39. The molecule has 0 N–H and O–H groups in total. The summed E-state index contributed by atoms with van der Waals surface area (Å²) < 4.78 is 7.86. The first-order valence-electron chi connectivity index (χ1n) is 10.5. The number of fused-ring (bicyclic) bond motifs is 1. The Morgan fingerprint density at radius 2 is 1.87 bits per heavy atom. The Labute approximate surface area is 185 Å². The molecule has 2 aromatic heterocycles. The number of benzene rings is 1. The number of likely N-dealkylation sites (N-methyl/N-ethyl adjacent to an activating group) is 1. The van der Waals surface area contributed by atoms with E-state index < -0.39 is 0 Å². The van der Waals surface area contributed by atoms with Gasteiger partial charge in [-0.25, -0.2) is 4.52 Å². The summed E-state index contributed by atoms with van der Waals surface area (Å²) >= 11 is 1.71. The van der Waals surface area contributed by atoms with E-state index in [4.69, 9.17) is 9.84 Å². The van der Waals surface area contributed by atoms with E-state index in [-0.39, 0.29) is 0 Å². The van der Waals surface area contributed by atoms with E-state index in [9.17, 15) is 0 Å². The monoisotopic (exact) mass is 426 g/mol. The first kappa shape index (κ1) is 22.5. The van der Waals surface area contributed by atoms with Crippen molar-refractivity contribution in [2.75, 3.05) is 52.0 Å². The number of hydrogen-bond acceptors (Lipinski definition) is 5. The Balaban J connectivity index is 2.22. The van der Waals surface area contributed by atoms with Gasteiger partial charge in [-0.05, 0) is 69.9 Å². The number of methoxy groups -OCH3 is 1. The zero-order valence-corrected chi connectivity index (χ0v) is 20.1. The van der Waals surface area contributed by atoms with Crippen molar-refractivity contribution in [2.24, 2.45) is 0 Å². The van der Waals surface area contributed by atoms with Crippen LogP contribution in [0.4, 0.5) is 5.69 Å². The van der Waals surface area contributed by atoms with E-state index in [1.165, 1.54) is 16.8 Å². The zero-order chi connectivity index (χ0) is 21.8. The van der Waals surface area contributed by atoms with Gasteiger partial charge < -0.3 is 14.5 Å². The van der Waals surface area contributed by atoms with Gasteiger partial charge in [0.1, 0.15) is 10.8 Å². The number of aromatic nitrogens is 2. The van der Waals surface area contributed by atoms with Crippen molar-refractivity contribution in [2.45, 2.75) is 32.2 Å². The number of nitrogens with zero attached hydrogens (tertiary/aromatic N) is 4. The van der Waals surface area contributed by atoms with E-state index in [0.29, 0.717) is 0 Å². The molecule has 0 saturated heterocycles. The van der Waals surface area contributed by atoms with E-state index in [0.717, 1.165) is 53.6 Å². The fourth-order valence-electron chi connectivity index (χ4n) is 4.00. The third-order valence-corrected chi connectivity index (χ3v) is 6.00. The number of ether oxygens (including phenoxy) is 1. The SMILES string of the molecule is CCCN(CCN(C)C)c1c(SC)nn2c(-c3c(C)cc(C)cc3OC)cccc12. The molecule has 2 heterocycles. The Morgan fingerprint density at radius 3 is 2.50 bits per heavy atom. The van der Waals surface area contributed by atoms with Crippen LogP contribution in [0.2, 0.25) is 0 Å². The lowest BCUT2D eigenvalue weighted by Gasteiger charge is -2.26. The maximum Gasteiger partial charge on any atom is 0.142 e. The second-order valence-electron chi connectivity index (χ2n) is 8.02. The molecule has 0 spiro atoms. The van der Waals surface area contributed by atoms with Crippen molar-refractivity contribution in [3.8, 4) is 17.0 Å². The fraction of sp³-hybridized carbons (Fsp3) is 0.458. The van der Waals surface area contributed by atoms with Crippen molar-refractivity contribution < 1.29 is 4.74 Å². The molecule has 0 amide bonds.